The number of phenols is 1. The van der Waals surface area contributed by atoms with Gasteiger partial charge in [-0.2, -0.15) is 0 Å². The summed E-state index contributed by atoms with van der Waals surface area (Å²) < 4.78 is 0. The zero-order valence-corrected chi connectivity index (χ0v) is 9.55. The molecule has 18 heavy (non-hydrogen) atoms. The lowest BCUT2D eigenvalue weighted by Gasteiger charge is -2.09. The second-order valence-electron chi connectivity index (χ2n) is 3.66. The van der Waals surface area contributed by atoms with E-state index >= 15 is 0 Å². The van der Waals surface area contributed by atoms with Crippen molar-refractivity contribution in [2.24, 2.45) is 0 Å². The number of aromatic hydroxyl groups is 1. The Labute approximate surface area is 105 Å². The number of nitrogens with one attached hydrogen (secondary N) is 1. The monoisotopic (exact) mass is 237 g/mol. The van der Waals surface area contributed by atoms with Gasteiger partial charge in [0.1, 0.15) is 5.75 Å². The van der Waals surface area contributed by atoms with E-state index in [1.165, 1.54) is 6.07 Å². The van der Waals surface area contributed by atoms with Crippen LogP contribution in [0.2, 0.25) is 0 Å². The summed E-state index contributed by atoms with van der Waals surface area (Å²) in [5.74, 6) is 2.06. The van der Waals surface area contributed by atoms with Crippen LogP contribution in [0.1, 0.15) is 15.9 Å². The molecule has 88 valence electrons. The van der Waals surface area contributed by atoms with E-state index < -0.39 is 0 Å². The number of carbonyl (C=O) groups is 1. The summed E-state index contributed by atoms with van der Waals surface area (Å²) >= 11 is 0. The Balaban J connectivity index is 2.31. The number of rotatable bonds is 2. The summed E-state index contributed by atoms with van der Waals surface area (Å²) in [6, 6.07) is 13.5. The fourth-order valence-electron chi connectivity index (χ4n) is 1.57. The first-order valence-electron chi connectivity index (χ1n) is 5.37. The zero-order chi connectivity index (χ0) is 13.0. The van der Waals surface area contributed by atoms with Crippen LogP contribution in [0.25, 0.3) is 0 Å². The molecule has 0 spiro atoms. The van der Waals surface area contributed by atoms with Gasteiger partial charge in [0.05, 0.1) is 11.3 Å². The molecule has 0 aliphatic rings. The molecule has 0 aliphatic heterocycles. The molecule has 3 nitrogen and oxygen atoms in total. The van der Waals surface area contributed by atoms with Gasteiger partial charge in [-0.25, -0.2) is 0 Å². The fraction of sp³-hybridized carbons (Fsp3) is 0. The number of benzene rings is 2. The van der Waals surface area contributed by atoms with Gasteiger partial charge in [0, 0.05) is 5.56 Å². The van der Waals surface area contributed by atoms with Gasteiger partial charge in [-0.3, -0.25) is 4.79 Å². The number of hydrogen-bond acceptors (Lipinski definition) is 2. The van der Waals surface area contributed by atoms with Crippen LogP contribution in [0, 0.1) is 12.3 Å². The average molecular weight is 237 g/mol. The van der Waals surface area contributed by atoms with E-state index in [9.17, 15) is 9.90 Å². The highest BCUT2D eigenvalue weighted by Gasteiger charge is 2.11. The van der Waals surface area contributed by atoms with Crippen molar-refractivity contribution < 1.29 is 9.90 Å². The van der Waals surface area contributed by atoms with Crippen LogP contribution < -0.4 is 5.32 Å². The molecule has 2 aromatic rings. The molecule has 0 fully saturated rings. The number of amides is 1. The third-order valence-electron chi connectivity index (χ3n) is 2.47. The molecule has 0 aromatic heterocycles. The number of anilines is 1. The summed E-state index contributed by atoms with van der Waals surface area (Å²) in [7, 11) is 0. The summed E-state index contributed by atoms with van der Waals surface area (Å²) in [4.78, 5) is 11.9. The van der Waals surface area contributed by atoms with Crippen molar-refractivity contribution in [2.75, 3.05) is 5.32 Å². The molecule has 1 amide bonds. The van der Waals surface area contributed by atoms with Gasteiger partial charge in [0.2, 0.25) is 0 Å². The van der Waals surface area contributed by atoms with Gasteiger partial charge >= 0.3 is 0 Å². The van der Waals surface area contributed by atoms with Crippen molar-refractivity contribution in [1.82, 2.24) is 0 Å². The van der Waals surface area contributed by atoms with E-state index in [-0.39, 0.29) is 17.3 Å². The van der Waals surface area contributed by atoms with E-state index in [1.54, 1.807) is 36.4 Å². The second kappa shape index (κ2) is 5.07. The molecule has 0 unspecified atom stereocenters. The number of hydrogen-bond donors (Lipinski definition) is 2. The molecule has 2 aromatic carbocycles. The Hall–Kier alpha value is -2.73. The molecular formula is C15H11NO2. The normalized spacial score (nSPS) is 9.50. The van der Waals surface area contributed by atoms with Crippen LogP contribution in [0.5, 0.6) is 5.75 Å². The molecule has 2 N–H and O–H groups in total. The lowest BCUT2D eigenvalue weighted by molar-refractivity contribution is 0.102. The molecule has 3 heteroatoms. The fourth-order valence-corrected chi connectivity index (χ4v) is 1.57. The number of carbonyl (C=O) groups excluding carboxylic acids is 1. The molecule has 0 saturated heterocycles. The Bertz CT molecular complexity index is 612. The Kier molecular flexibility index (Phi) is 3.31. The largest absolute Gasteiger partial charge is 0.506 e. The van der Waals surface area contributed by atoms with Crippen molar-refractivity contribution in [3.63, 3.8) is 0 Å². The summed E-state index contributed by atoms with van der Waals surface area (Å²) in [6.07, 6.45) is 5.32. The maximum Gasteiger partial charge on any atom is 0.255 e. The lowest BCUT2D eigenvalue weighted by Crippen LogP contribution is -2.12. The van der Waals surface area contributed by atoms with E-state index in [0.717, 1.165) is 0 Å². The predicted molar refractivity (Wildman–Crippen MR) is 70.4 cm³/mol. The van der Waals surface area contributed by atoms with Crippen LogP contribution >= 0.6 is 0 Å². The number of phenolic OH excluding ortho intramolecular Hbond substituents is 1. The van der Waals surface area contributed by atoms with Crippen molar-refractivity contribution in [1.29, 1.82) is 0 Å². The van der Waals surface area contributed by atoms with E-state index in [1.807, 2.05) is 6.07 Å². The molecular weight excluding hydrogens is 226 g/mol. The van der Waals surface area contributed by atoms with Crippen LogP contribution in [0.15, 0.2) is 48.5 Å². The SMILES string of the molecule is C#Cc1cccc(O)c1NC(=O)c1ccccc1. The number of para-hydroxylation sites is 1. The molecule has 0 saturated carbocycles. The molecule has 2 rings (SSSR count). The van der Waals surface area contributed by atoms with Gasteiger partial charge in [-0.15, -0.1) is 6.42 Å². The van der Waals surface area contributed by atoms with E-state index in [2.05, 4.69) is 11.2 Å². The van der Waals surface area contributed by atoms with Gasteiger partial charge in [0.25, 0.3) is 5.91 Å². The zero-order valence-electron chi connectivity index (χ0n) is 9.55. The van der Waals surface area contributed by atoms with Gasteiger partial charge in [0.15, 0.2) is 0 Å². The second-order valence-corrected chi connectivity index (χ2v) is 3.66. The first-order chi connectivity index (χ1) is 8.72. The first kappa shape index (κ1) is 11.7. The maximum atomic E-state index is 11.9. The Morgan fingerprint density at radius 3 is 2.50 bits per heavy atom. The third-order valence-corrected chi connectivity index (χ3v) is 2.47. The molecule has 0 aliphatic carbocycles. The summed E-state index contributed by atoms with van der Waals surface area (Å²) in [5.41, 5.74) is 1.21. The first-order valence-corrected chi connectivity index (χ1v) is 5.37. The molecule has 0 bridgehead atoms. The third kappa shape index (κ3) is 2.33. The minimum atomic E-state index is -0.311. The lowest BCUT2D eigenvalue weighted by atomic mass is 10.1. The van der Waals surface area contributed by atoms with Crippen molar-refractivity contribution in [2.45, 2.75) is 0 Å². The highest BCUT2D eigenvalue weighted by Crippen LogP contribution is 2.27. The Morgan fingerprint density at radius 1 is 1.11 bits per heavy atom. The predicted octanol–water partition coefficient (Wildman–Crippen LogP) is 2.63. The molecule has 0 atom stereocenters. The minimum absolute atomic E-state index is 0.0465. The standard InChI is InChI=1S/C15H11NO2/c1-2-11-9-6-10-13(17)14(11)16-15(18)12-7-4-3-5-8-12/h1,3-10,17H,(H,16,18). The minimum Gasteiger partial charge on any atom is -0.506 e. The smallest absolute Gasteiger partial charge is 0.255 e. The van der Waals surface area contributed by atoms with E-state index in [4.69, 9.17) is 6.42 Å². The van der Waals surface area contributed by atoms with Crippen LogP contribution in [-0.2, 0) is 0 Å². The van der Waals surface area contributed by atoms with Crippen LogP contribution in [0.3, 0.4) is 0 Å². The molecule has 0 heterocycles. The van der Waals surface area contributed by atoms with E-state index in [0.29, 0.717) is 11.1 Å². The van der Waals surface area contributed by atoms with Crippen molar-refractivity contribution in [3.05, 3.63) is 59.7 Å². The van der Waals surface area contributed by atoms with Crippen LogP contribution in [-0.4, -0.2) is 11.0 Å². The topological polar surface area (TPSA) is 49.3 Å². The average Bonchev–Trinajstić information content (AvgIpc) is 2.42. The molecule has 0 radical (unpaired) electrons. The van der Waals surface area contributed by atoms with Gasteiger partial charge in [-0.05, 0) is 24.3 Å². The maximum absolute atomic E-state index is 11.9. The van der Waals surface area contributed by atoms with Gasteiger partial charge in [-0.1, -0.05) is 30.2 Å². The summed E-state index contributed by atoms with van der Waals surface area (Å²) in [5, 5.41) is 12.3. The van der Waals surface area contributed by atoms with Crippen LogP contribution in [0.4, 0.5) is 5.69 Å². The summed E-state index contributed by atoms with van der Waals surface area (Å²) in [6.45, 7) is 0. The highest BCUT2D eigenvalue weighted by molar-refractivity contribution is 6.05. The van der Waals surface area contributed by atoms with Crippen molar-refractivity contribution in [3.8, 4) is 18.1 Å². The number of terminal acetylenes is 1. The van der Waals surface area contributed by atoms with Crippen molar-refractivity contribution >= 4 is 11.6 Å². The highest BCUT2D eigenvalue weighted by atomic mass is 16.3. The Morgan fingerprint density at radius 2 is 1.83 bits per heavy atom. The quantitative estimate of drug-likeness (QED) is 0.623. The van der Waals surface area contributed by atoms with Gasteiger partial charge < -0.3 is 10.4 Å².